The van der Waals surface area contributed by atoms with Gasteiger partial charge < -0.3 is 4.42 Å². The van der Waals surface area contributed by atoms with Gasteiger partial charge in [-0.05, 0) is 24.1 Å². The van der Waals surface area contributed by atoms with Crippen molar-refractivity contribution in [1.29, 1.82) is 0 Å². The lowest BCUT2D eigenvalue weighted by atomic mass is 10.1. The van der Waals surface area contributed by atoms with E-state index in [2.05, 4.69) is 50.2 Å². The minimum Gasteiger partial charge on any atom is -0.466 e. The third-order valence-corrected chi connectivity index (χ3v) is 2.75. The minimum absolute atomic E-state index is 0.477. The molecular formula is C15H18O. The molecule has 0 saturated carbocycles. The summed E-state index contributed by atoms with van der Waals surface area (Å²) in [6.07, 6.45) is 2.03. The molecule has 0 aliphatic rings. The Hall–Kier alpha value is -1.50. The molecule has 1 nitrogen and oxygen atoms in total. The second-order valence-corrected chi connectivity index (χ2v) is 4.44. The molecule has 0 aliphatic heterocycles. The molecule has 84 valence electrons. The highest BCUT2D eigenvalue weighted by molar-refractivity contribution is 5.17. The summed E-state index contributed by atoms with van der Waals surface area (Å²) >= 11 is 0. The van der Waals surface area contributed by atoms with Gasteiger partial charge in [-0.25, -0.2) is 0 Å². The molecule has 1 aromatic carbocycles. The van der Waals surface area contributed by atoms with Gasteiger partial charge in [0.25, 0.3) is 0 Å². The van der Waals surface area contributed by atoms with Crippen LogP contribution in [0, 0.1) is 0 Å². The van der Waals surface area contributed by atoms with Crippen molar-refractivity contribution in [3.63, 3.8) is 0 Å². The Morgan fingerprint density at radius 2 is 1.69 bits per heavy atom. The molecule has 0 unspecified atom stereocenters. The molecule has 1 heteroatoms. The Bertz CT molecular complexity index is 426. The van der Waals surface area contributed by atoms with Gasteiger partial charge in [0, 0.05) is 12.3 Å². The zero-order valence-corrected chi connectivity index (χ0v) is 9.94. The molecule has 0 saturated heterocycles. The zero-order valence-electron chi connectivity index (χ0n) is 9.94. The van der Waals surface area contributed by atoms with Crippen LogP contribution in [-0.4, -0.2) is 0 Å². The molecule has 2 aromatic rings. The normalized spacial score (nSPS) is 10.9. The molecule has 0 atom stereocenters. The Morgan fingerprint density at radius 3 is 2.31 bits per heavy atom. The van der Waals surface area contributed by atoms with Gasteiger partial charge in [-0.15, -0.1) is 0 Å². The van der Waals surface area contributed by atoms with Gasteiger partial charge in [-0.3, -0.25) is 0 Å². The van der Waals surface area contributed by atoms with Crippen LogP contribution in [0.5, 0.6) is 0 Å². The van der Waals surface area contributed by atoms with Crippen LogP contribution in [-0.2, 0) is 12.8 Å². The second kappa shape index (κ2) is 5.02. The molecule has 2 rings (SSSR count). The maximum atomic E-state index is 5.77. The lowest BCUT2D eigenvalue weighted by molar-refractivity contribution is 0.447. The van der Waals surface area contributed by atoms with Gasteiger partial charge in [-0.2, -0.15) is 0 Å². The van der Waals surface area contributed by atoms with E-state index >= 15 is 0 Å². The predicted molar refractivity (Wildman–Crippen MR) is 66.6 cm³/mol. The van der Waals surface area contributed by atoms with Crippen LogP contribution in [0.15, 0.2) is 46.9 Å². The topological polar surface area (TPSA) is 13.1 Å². The Labute approximate surface area is 97.1 Å². The maximum absolute atomic E-state index is 5.77. The van der Waals surface area contributed by atoms with Crippen LogP contribution >= 0.6 is 0 Å². The van der Waals surface area contributed by atoms with Gasteiger partial charge in [0.05, 0.1) is 0 Å². The molecular weight excluding hydrogens is 196 g/mol. The van der Waals surface area contributed by atoms with Crippen molar-refractivity contribution >= 4 is 0 Å². The molecule has 0 bridgehead atoms. The Morgan fingerprint density at radius 1 is 0.938 bits per heavy atom. The van der Waals surface area contributed by atoms with Crippen molar-refractivity contribution in [2.45, 2.75) is 32.6 Å². The first-order valence-electron chi connectivity index (χ1n) is 5.88. The molecule has 0 aliphatic carbocycles. The van der Waals surface area contributed by atoms with Crippen molar-refractivity contribution in [3.8, 4) is 0 Å². The van der Waals surface area contributed by atoms with Gasteiger partial charge in [0.2, 0.25) is 0 Å². The van der Waals surface area contributed by atoms with E-state index in [0.29, 0.717) is 5.92 Å². The zero-order chi connectivity index (χ0) is 11.4. The predicted octanol–water partition coefficient (Wildman–Crippen LogP) is 4.19. The van der Waals surface area contributed by atoms with E-state index in [9.17, 15) is 0 Å². The van der Waals surface area contributed by atoms with Crippen LogP contribution < -0.4 is 0 Å². The van der Waals surface area contributed by atoms with Crippen molar-refractivity contribution in [1.82, 2.24) is 0 Å². The number of hydrogen-bond donors (Lipinski definition) is 0. The SMILES string of the molecule is CC(C)c1ccc(CCc2ccccc2)o1. The summed E-state index contributed by atoms with van der Waals surface area (Å²) in [7, 11) is 0. The summed E-state index contributed by atoms with van der Waals surface area (Å²) < 4.78 is 5.77. The Balaban J connectivity index is 1.95. The molecule has 0 N–H and O–H groups in total. The van der Waals surface area contributed by atoms with E-state index < -0.39 is 0 Å². The van der Waals surface area contributed by atoms with Gasteiger partial charge in [-0.1, -0.05) is 44.2 Å². The van der Waals surface area contributed by atoms with Crippen molar-refractivity contribution < 1.29 is 4.42 Å². The maximum Gasteiger partial charge on any atom is 0.106 e. The van der Waals surface area contributed by atoms with E-state index in [1.54, 1.807) is 0 Å². The molecule has 1 heterocycles. The van der Waals surface area contributed by atoms with Crippen molar-refractivity contribution in [2.24, 2.45) is 0 Å². The summed E-state index contributed by atoms with van der Waals surface area (Å²) in [4.78, 5) is 0. The average molecular weight is 214 g/mol. The summed E-state index contributed by atoms with van der Waals surface area (Å²) in [5.74, 6) is 2.65. The largest absolute Gasteiger partial charge is 0.466 e. The smallest absolute Gasteiger partial charge is 0.106 e. The number of hydrogen-bond acceptors (Lipinski definition) is 1. The van der Waals surface area contributed by atoms with Crippen molar-refractivity contribution in [2.75, 3.05) is 0 Å². The first-order valence-corrected chi connectivity index (χ1v) is 5.88. The fourth-order valence-corrected chi connectivity index (χ4v) is 1.75. The lowest BCUT2D eigenvalue weighted by Crippen LogP contribution is -1.89. The first kappa shape index (κ1) is 11.0. The fraction of sp³-hybridized carbons (Fsp3) is 0.333. The molecule has 0 spiro atoms. The van der Waals surface area contributed by atoms with E-state index in [1.807, 2.05) is 6.07 Å². The third kappa shape index (κ3) is 2.75. The number of rotatable bonds is 4. The van der Waals surface area contributed by atoms with E-state index in [4.69, 9.17) is 4.42 Å². The van der Waals surface area contributed by atoms with Crippen LogP contribution in [0.4, 0.5) is 0 Å². The van der Waals surface area contributed by atoms with Gasteiger partial charge in [0.15, 0.2) is 0 Å². The molecule has 0 fully saturated rings. The minimum atomic E-state index is 0.477. The van der Waals surface area contributed by atoms with Crippen LogP contribution in [0.3, 0.4) is 0 Å². The molecule has 0 radical (unpaired) electrons. The highest BCUT2D eigenvalue weighted by Crippen LogP contribution is 2.18. The van der Waals surface area contributed by atoms with Crippen molar-refractivity contribution in [3.05, 3.63) is 59.5 Å². The monoisotopic (exact) mass is 214 g/mol. The Kier molecular flexibility index (Phi) is 3.45. The highest BCUT2D eigenvalue weighted by Gasteiger charge is 2.05. The second-order valence-electron chi connectivity index (χ2n) is 4.44. The van der Waals surface area contributed by atoms with Gasteiger partial charge >= 0.3 is 0 Å². The molecule has 0 amide bonds. The fourth-order valence-electron chi connectivity index (χ4n) is 1.75. The van der Waals surface area contributed by atoms with Crippen LogP contribution in [0.1, 0.15) is 36.8 Å². The molecule has 16 heavy (non-hydrogen) atoms. The number of aryl methyl sites for hydroxylation is 2. The molecule has 1 aromatic heterocycles. The van der Waals surface area contributed by atoms with E-state index in [-0.39, 0.29) is 0 Å². The quantitative estimate of drug-likeness (QED) is 0.743. The summed E-state index contributed by atoms with van der Waals surface area (Å²) in [5.41, 5.74) is 1.37. The van der Waals surface area contributed by atoms with E-state index in [1.165, 1.54) is 5.56 Å². The van der Waals surface area contributed by atoms with Crippen LogP contribution in [0.2, 0.25) is 0 Å². The number of furan rings is 1. The summed E-state index contributed by atoms with van der Waals surface area (Å²) in [5, 5.41) is 0. The van der Waals surface area contributed by atoms with Gasteiger partial charge in [0.1, 0.15) is 11.5 Å². The first-order chi connectivity index (χ1) is 7.75. The summed E-state index contributed by atoms with van der Waals surface area (Å²) in [6.45, 7) is 4.31. The third-order valence-electron chi connectivity index (χ3n) is 2.75. The standard InChI is InChI=1S/C15H18O/c1-12(2)15-11-10-14(16-15)9-8-13-6-4-3-5-7-13/h3-7,10-12H,8-9H2,1-2H3. The highest BCUT2D eigenvalue weighted by atomic mass is 16.3. The lowest BCUT2D eigenvalue weighted by Gasteiger charge is -2.00. The average Bonchev–Trinajstić information content (AvgIpc) is 2.76. The number of benzene rings is 1. The van der Waals surface area contributed by atoms with E-state index in [0.717, 1.165) is 24.4 Å². The van der Waals surface area contributed by atoms with Crippen LogP contribution in [0.25, 0.3) is 0 Å². The summed E-state index contributed by atoms with van der Waals surface area (Å²) in [6, 6.07) is 14.7.